The van der Waals surface area contributed by atoms with Crippen molar-refractivity contribution < 1.29 is 23.6 Å². The molecule has 7 heteroatoms. The normalized spacial score (nSPS) is 10.0. The van der Waals surface area contributed by atoms with E-state index in [2.05, 4.69) is 22.0 Å². The summed E-state index contributed by atoms with van der Waals surface area (Å²) in [6.45, 7) is 3.51. The maximum absolute atomic E-state index is 12.5. The lowest BCUT2D eigenvalue weighted by Gasteiger charge is -2.02. The molecular weight excluding hydrogens is 372 g/mol. The Bertz CT molecular complexity index is 1080. The quantitative estimate of drug-likeness (QED) is 0.487. The van der Waals surface area contributed by atoms with Gasteiger partial charge in [0, 0.05) is 23.5 Å². The number of ether oxygens (including phenoxy) is 2. The van der Waals surface area contributed by atoms with Crippen molar-refractivity contribution in [1.29, 1.82) is 0 Å². The number of aromatic nitrogens is 2. The zero-order valence-corrected chi connectivity index (χ0v) is 16.0. The van der Waals surface area contributed by atoms with Gasteiger partial charge in [0.25, 0.3) is 0 Å². The van der Waals surface area contributed by atoms with Crippen LogP contribution in [0.5, 0.6) is 0 Å². The third-order valence-electron chi connectivity index (χ3n) is 3.87. The molecule has 0 fully saturated rings. The van der Waals surface area contributed by atoms with Crippen molar-refractivity contribution in [3.63, 3.8) is 0 Å². The number of rotatable bonds is 5. The van der Waals surface area contributed by atoms with Crippen LogP contribution >= 0.6 is 0 Å². The Labute approximate surface area is 167 Å². The van der Waals surface area contributed by atoms with Crippen molar-refractivity contribution in [1.82, 2.24) is 10.1 Å². The summed E-state index contributed by atoms with van der Waals surface area (Å²) in [5.74, 6) is 4.87. The molecule has 0 bridgehead atoms. The third kappa shape index (κ3) is 4.87. The lowest BCUT2D eigenvalue weighted by Crippen LogP contribution is -2.07. The first-order chi connectivity index (χ1) is 14.1. The number of aryl methyl sites for hydroxylation is 1. The maximum Gasteiger partial charge on any atom is 0.345 e. The SMILES string of the molecule is CCOC(=O)c1cncc(C#CCOC(=O)c2c(-c3ccccc3)noc2C)c1. The highest BCUT2D eigenvalue weighted by atomic mass is 16.5. The molecule has 2 heterocycles. The molecule has 0 spiro atoms. The Hall–Kier alpha value is -3.92. The van der Waals surface area contributed by atoms with E-state index in [1.54, 1.807) is 19.9 Å². The number of pyridine rings is 1. The molecule has 0 aliphatic rings. The van der Waals surface area contributed by atoms with Crippen molar-refractivity contribution in [3.05, 3.63) is 71.2 Å². The van der Waals surface area contributed by atoms with Gasteiger partial charge in [-0.15, -0.1) is 0 Å². The van der Waals surface area contributed by atoms with Crippen LogP contribution in [0, 0.1) is 18.8 Å². The molecular formula is C22H18N2O5. The highest BCUT2D eigenvalue weighted by Crippen LogP contribution is 2.25. The minimum absolute atomic E-state index is 0.138. The van der Waals surface area contributed by atoms with Crippen molar-refractivity contribution in [3.8, 4) is 23.1 Å². The molecule has 146 valence electrons. The van der Waals surface area contributed by atoms with Crippen molar-refractivity contribution in [2.75, 3.05) is 13.2 Å². The summed E-state index contributed by atoms with van der Waals surface area (Å²) in [7, 11) is 0. The number of nitrogens with zero attached hydrogens (tertiary/aromatic N) is 2. The number of benzene rings is 1. The van der Waals surface area contributed by atoms with Crippen LogP contribution < -0.4 is 0 Å². The second-order valence-electron chi connectivity index (χ2n) is 5.89. The molecule has 0 aliphatic carbocycles. The van der Waals surface area contributed by atoms with Crippen LogP contribution in [0.2, 0.25) is 0 Å². The van der Waals surface area contributed by atoms with Crippen LogP contribution in [0.3, 0.4) is 0 Å². The number of carbonyl (C=O) groups is 2. The van der Waals surface area contributed by atoms with Gasteiger partial charge >= 0.3 is 11.9 Å². The van der Waals surface area contributed by atoms with E-state index in [1.807, 2.05) is 30.3 Å². The fourth-order valence-corrected chi connectivity index (χ4v) is 2.55. The Kier molecular flexibility index (Phi) is 6.38. The summed E-state index contributed by atoms with van der Waals surface area (Å²) in [6, 6.07) is 10.8. The van der Waals surface area contributed by atoms with Gasteiger partial charge in [-0.3, -0.25) is 4.98 Å². The van der Waals surface area contributed by atoms with E-state index in [4.69, 9.17) is 14.0 Å². The highest BCUT2D eigenvalue weighted by molar-refractivity contribution is 5.97. The Morgan fingerprint density at radius 2 is 1.90 bits per heavy atom. The topological polar surface area (TPSA) is 91.5 Å². The van der Waals surface area contributed by atoms with E-state index in [1.165, 1.54) is 12.4 Å². The zero-order chi connectivity index (χ0) is 20.6. The predicted molar refractivity (Wildman–Crippen MR) is 104 cm³/mol. The van der Waals surface area contributed by atoms with Crippen LogP contribution in [0.1, 0.15) is 39.0 Å². The van der Waals surface area contributed by atoms with E-state index in [0.29, 0.717) is 22.6 Å². The van der Waals surface area contributed by atoms with Gasteiger partial charge in [-0.25, -0.2) is 9.59 Å². The van der Waals surface area contributed by atoms with Gasteiger partial charge < -0.3 is 14.0 Å². The van der Waals surface area contributed by atoms with Crippen molar-refractivity contribution in [2.45, 2.75) is 13.8 Å². The number of hydrogen-bond acceptors (Lipinski definition) is 7. The standard InChI is InChI=1S/C22H18N2O5/c1-3-27-21(25)18-12-16(13-23-14-18)8-7-11-28-22(26)19-15(2)29-24-20(19)17-9-5-4-6-10-17/h4-6,9-10,12-14H,3,11H2,1-2H3. The molecule has 3 aromatic rings. The average molecular weight is 390 g/mol. The highest BCUT2D eigenvalue weighted by Gasteiger charge is 2.22. The van der Waals surface area contributed by atoms with E-state index in [9.17, 15) is 9.59 Å². The molecule has 0 N–H and O–H groups in total. The molecule has 3 rings (SSSR count). The molecule has 2 aromatic heterocycles. The molecule has 0 aliphatic heterocycles. The van der Waals surface area contributed by atoms with Gasteiger partial charge in [-0.2, -0.15) is 0 Å². The molecule has 7 nitrogen and oxygen atoms in total. The van der Waals surface area contributed by atoms with Crippen LogP contribution in [0.4, 0.5) is 0 Å². The van der Waals surface area contributed by atoms with Crippen LogP contribution in [-0.4, -0.2) is 35.3 Å². The second kappa shape index (κ2) is 9.33. The fourth-order valence-electron chi connectivity index (χ4n) is 2.55. The number of carbonyl (C=O) groups excluding carboxylic acids is 2. The van der Waals surface area contributed by atoms with Crippen molar-refractivity contribution in [2.24, 2.45) is 0 Å². The van der Waals surface area contributed by atoms with Gasteiger partial charge in [0.05, 0.1) is 12.2 Å². The zero-order valence-electron chi connectivity index (χ0n) is 16.0. The number of esters is 2. The molecule has 29 heavy (non-hydrogen) atoms. The second-order valence-corrected chi connectivity index (χ2v) is 5.89. The Morgan fingerprint density at radius 1 is 1.10 bits per heavy atom. The number of hydrogen-bond donors (Lipinski definition) is 0. The summed E-state index contributed by atoms with van der Waals surface area (Å²) in [6.07, 6.45) is 2.91. The molecule has 1 aromatic carbocycles. The summed E-state index contributed by atoms with van der Waals surface area (Å²) < 4.78 is 15.3. The maximum atomic E-state index is 12.5. The van der Waals surface area contributed by atoms with E-state index in [-0.39, 0.29) is 18.8 Å². The summed E-state index contributed by atoms with van der Waals surface area (Å²) >= 11 is 0. The van der Waals surface area contributed by atoms with Crippen molar-refractivity contribution >= 4 is 11.9 Å². The molecule has 0 amide bonds. The van der Waals surface area contributed by atoms with E-state index >= 15 is 0 Å². The molecule has 0 atom stereocenters. The molecule has 0 saturated heterocycles. The summed E-state index contributed by atoms with van der Waals surface area (Å²) in [4.78, 5) is 28.2. The predicted octanol–water partition coefficient (Wildman–Crippen LogP) is 3.43. The van der Waals surface area contributed by atoms with E-state index in [0.717, 1.165) is 5.56 Å². The van der Waals surface area contributed by atoms with Crippen LogP contribution in [-0.2, 0) is 9.47 Å². The van der Waals surface area contributed by atoms with Gasteiger partial charge in [-0.1, -0.05) is 47.3 Å². The van der Waals surface area contributed by atoms with Gasteiger partial charge in [0.1, 0.15) is 17.0 Å². The fraction of sp³-hybridized carbons (Fsp3) is 0.182. The first-order valence-corrected chi connectivity index (χ1v) is 8.90. The van der Waals surface area contributed by atoms with Crippen LogP contribution in [0.25, 0.3) is 11.3 Å². The van der Waals surface area contributed by atoms with Gasteiger partial charge in [-0.05, 0) is 19.9 Å². The summed E-state index contributed by atoms with van der Waals surface area (Å²) in [5.41, 5.74) is 2.27. The first kappa shape index (κ1) is 19.8. The Balaban J connectivity index is 1.67. The smallest absolute Gasteiger partial charge is 0.345 e. The van der Waals surface area contributed by atoms with Gasteiger partial charge in [0.15, 0.2) is 6.61 Å². The summed E-state index contributed by atoms with van der Waals surface area (Å²) in [5, 5.41) is 3.96. The minimum atomic E-state index is -0.574. The molecule has 0 saturated carbocycles. The molecule has 0 radical (unpaired) electrons. The average Bonchev–Trinajstić information content (AvgIpc) is 3.13. The van der Waals surface area contributed by atoms with Crippen LogP contribution in [0.15, 0.2) is 53.3 Å². The first-order valence-electron chi connectivity index (χ1n) is 8.90. The van der Waals surface area contributed by atoms with Gasteiger partial charge in [0.2, 0.25) is 0 Å². The Morgan fingerprint density at radius 3 is 2.66 bits per heavy atom. The monoisotopic (exact) mass is 390 g/mol. The minimum Gasteiger partial charge on any atom is -0.462 e. The largest absolute Gasteiger partial charge is 0.462 e. The molecule has 0 unspecified atom stereocenters. The lowest BCUT2D eigenvalue weighted by atomic mass is 10.1. The third-order valence-corrected chi connectivity index (χ3v) is 3.87. The lowest BCUT2D eigenvalue weighted by molar-refractivity contribution is 0.0523. The van der Waals surface area contributed by atoms with E-state index < -0.39 is 11.9 Å².